The molecule has 1 aliphatic heterocycles. The minimum Gasteiger partial charge on any atom is -0.381 e. The van der Waals surface area contributed by atoms with Gasteiger partial charge >= 0.3 is 0 Å². The van der Waals surface area contributed by atoms with Crippen LogP contribution in [0, 0.1) is 11.7 Å². The Balaban J connectivity index is 2.04. The van der Waals surface area contributed by atoms with Crippen molar-refractivity contribution in [2.75, 3.05) is 13.2 Å². The summed E-state index contributed by atoms with van der Waals surface area (Å²) in [5.74, 6) is 0.0946. The lowest BCUT2D eigenvalue weighted by molar-refractivity contribution is 0.180. The molecule has 1 aromatic rings. The first-order valence-electron chi connectivity index (χ1n) is 5.44. The molecule has 2 N–H and O–H groups in total. The molecule has 0 aliphatic carbocycles. The highest BCUT2D eigenvalue weighted by atomic mass is 35.5. The van der Waals surface area contributed by atoms with Crippen LogP contribution in [0.15, 0.2) is 18.2 Å². The molecule has 2 unspecified atom stereocenters. The third-order valence-electron chi connectivity index (χ3n) is 3.03. The van der Waals surface area contributed by atoms with E-state index in [2.05, 4.69) is 0 Å². The molecule has 1 aliphatic rings. The van der Waals surface area contributed by atoms with Gasteiger partial charge in [0.05, 0.1) is 6.61 Å². The lowest BCUT2D eigenvalue weighted by Crippen LogP contribution is -2.32. The normalized spacial score (nSPS) is 22.3. The topological polar surface area (TPSA) is 35.2 Å². The fraction of sp³-hybridized carbons (Fsp3) is 0.500. The molecular formula is C12H15ClFNO. The third kappa shape index (κ3) is 2.73. The van der Waals surface area contributed by atoms with Crippen LogP contribution in [0.4, 0.5) is 4.39 Å². The number of hydrogen-bond acceptors (Lipinski definition) is 2. The molecule has 0 amide bonds. The van der Waals surface area contributed by atoms with Crippen LogP contribution in [-0.4, -0.2) is 19.3 Å². The van der Waals surface area contributed by atoms with Gasteiger partial charge in [0.2, 0.25) is 0 Å². The third-order valence-corrected chi connectivity index (χ3v) is 3.27. The number of halogens is 2. The lowest BCUT2D eigenvalue weighted by Gasteiger charge is -2.17. The molecule has 0 aromatic heterocycles. The van der Waals surface area contributed by atoms with E-state index in [1.165, 1.54) is 6.07 Å². The van der Waals surface area contributed by atoms with Gasteiger partial charge in [-0.3, -0.25) is 0 Å². The van der Waals surface area contributed by atoms with Gasteiger partial charge in [-0.15, -0.1) is 0 Å². The smallest absolute Gasteiger partial charge is 0.126 e. The van der Waals surface area contributed by atoms with Crippen LogP contribution >= 0.6 is 11.6 Å². The molecule has 1 fully saturated rings. The predicted octanol–water partition coefficient (Wildman–Crippen LogP) is 2.39. The van der Waals surface area contributed by atoms with E-state index in [1.807, 2.05) is 0 Å². The van der Waals surface area contributed by atoms with Gasteiger partial charge in [-0.2, -0.15) is 0 Å². The lowest BCUT2D eigenvalue weighted by atomic mass is 9.93. The summed E-state index contributed by atoms with van der Waals surface area (Å²) in [6.07, 6.45) is 1.48. The van der Waals surface area contributed by atoms with E-state index in [9.17, 15) is 4.39 Å². The molecule has 0 bridgehead atoms. The minimum absolute atomic E-state index is 0.0598. The van der Waals surface area contributed by atoms with Crippen molar-refractivity contribution in [3.63, 3.8) is 0 Å². The van der Waals surface area contributed by atoms with Crippen LogP contribution in [0.1, 0.15) is 12.0 Å². The molecule has 0 saturated carbocycles. The molecule has 4 heteroatoms. The molecule has 2 atom stereocenters. The Morgan fingerprint density at radius 1 is 1.56 bits per heavy atom. The van der Waals surface area contributed by atoms with Crippen molar-refractivity contribution in [1.29, 1.82) is 0 Å². The van der Waals surface area contributed by atoms with Gasteiger partial charge in [0.25, 0.3) is 0 Å². The Bertz CT molecular complexity index is 366. The summed E-state index contributed by atoms with van der Waals surface area (Å²) < 4.78 is 18.7. The summed E-state index contributed by atoms with van der Waals surface area (Å²) in [6, 6.07) is 4.52. The van der Waals surface area contributed by atoms with Crippen molar-refractivity contribution in [3.05, 3.63) is 34.6 Å². The van der Waals surface area contributed by atoms with Crippen molar-refractivity contribution in [3.8, 4) is 0 Å². The van der Waals surface area contributed by atoms with Gasteiger partial charge in [0.1, 0.15) is 5.82 Å². The van der Waals surface area contributed by atoms with Crippen LogP contribution in [0.2, 0.25) is 5.02 Å². The van der Waals surface area contributed by atoms with Crippen LogP contribution in [-0.2, 0) is 11.2 Å². The molecule has 1 saturated heterocycles. The molecule has 0 spiro atoms. The zero-order chi connectivity index (χ0) is 11.5. The van der Waals surface area contributed by atoms with Crippen LogP contribution in [0.5, 0.6) is 0 Å². The molecule has 2 rings (SSSR count). The fourth-order valence-corrected chi connectivity index (χ4v) is 2.21. The Kier molecular flexibility index (Phi) is 3.79. The Labute approximate surface area is 99.5 Å². The van der Waals surface area contributed by atoms with E-state index in [0.717, 1.165) is 13.0 Å². The second-order valence-corrected chi connectivity index (χ2v) is 4.66. The average molecular weight is 244 g/mol. The van der Waals surface area contributed by atoms with Crippen molar-refractivity contribution in [2.45, 2.75) is 18.9 Å². The summed E-state index contributed by atoms with van der Waals surface area (Å²) >= 11 is 5.83. The maximum atomic E-state index is 13.5. The first-order chi connectivity index (χ1) is 7.66. The molecular weight excluding hydrogens is 229 g/mol. The molecule has 16 heavy (non-hydrogen) atoms. The second-order valence-electron chi connectivity index (χ2n) is 4.23. The summed E-state index contributed by atoms with van der Waals surface area (Å²) in [7, 11) is 0. The molecule has 0 radical (unpaired) electrons. The zero-order valence-corrected chi connectivity index (χ0v) is 9.71. The van der Waals surface area contributed by atoms with Crippen LogP contribution in [0.25, 0.3) is 0 Å². The van der Waals surface area contributed by atoms with Gasteiger partial charge in [-0.1, -0.05) is 11.6 Å². The molecule has 1 aromatic carbocycles. The standard InChI is InChI=1S/C12H15ClFNO/c13-10-1-2-11(14)9(5-10)6-12(15)8-3-4-16-7-8/h1-2,5,8,12H,3-4,6-7,15H2. The average Bonchev–Trinajstić information content (AvgIpc) is 2.76. The Morgan fingerprint density at radius 2 is 2.38 bits per heavy atom. The van der Waals surface area contributed by atoms with Crippen LogP contribution < -0.4 is 5.73 Å². The van der Waals surface area contributed by atoms with Gasteiger partial charge in [0, 0.05) is 17.7 Å². The van der Waals surface area contributed by atoms with Crippen molar-refractivity contribution in [2.24, 2.45) is 11.7 Å². The summed E-state index contributed by atoms with van der Waals surface area (Å²) in [6.45, 7) is 1.44. The number of rotatable bonds is 3. The minimum atomic E-state index is -0.237. The summed E-state index contributed by atoms with van der Waals surface area (Å²) in [5, 5.41) is 0.547. The maximum absolute atomic E-state index is 13.5. The highest BCUT2D eigenvalue weighted by Crippen LogP contribution is 2.21. The monoisotopic (exact) mass is 243 g/mol. The molecule has 2 nitrogen and oxygen atoms in total. The highest BCUT2D eigenvalue weighted by molar-refractivity contribution is 6.30. The van der Waals surface area contributed by atoms with E-state index in [0.29, 0.717) is 29.5 Å². The number of hydrogen-bond donors (Lipinski definition) is 1. The van der Waals surface area contributed by atoms with Gasteiger partial charge in [-0.25, -0.2) is 4.39 Å². The van der Waals surface area contributed by atoms with Gasteiger partial charge in [-0.05, 0) is 42.5 Å². The van der Waals surface area contributed by atoms with Crippen molar-refractivity contribution in [1.82, 2.24) is 0 Å². The largest absolute Gasteiger partial charge is 0.381 e. The van der Waals surface area contributed by atoms with Gasteiger partial charge < -0.3 is 10.5 Å². The highest BCUT2D eigenvalue weighted by Gasteiger charge is 2.23. The van der Waals surface area contributed by atoms with Gasteiger partial charge in [0.15, 0.2) is 0 Å². The summed E-state index contributed by atoms with van der Waals surface area (Å²) in [5.41, 5.74) is 6.63. The van der Waals surface area contributed by atoms with E-state index < -0.39 is 0 Å². The van der Waals surface area contributed by atoms with Crippen molar-refractivity contribution < 1.29 is 9.13 Å². The SMILES string of the molecule is NC(Cc1cc(Cl)ccc1F)C1CCOC1. The molecule has 88 valence electrons. The number of nitrogens with two attached hydrogens (primary N) is 1. The van der Waals surface area contributed by atoms with Crippen molar-refractivity contribution >= 4 is 11.6 Å². The predicted molar refractivity (Wildman–Crippen MR) is 62.0 cm³/mol. The first-order valence-corrected chi connectivity index (χ1v) is 5.82. The fourth-order valence-electron chi connectivity index (χ4n) is 2.01. The zero-order valence-electron chi connectivity index (χ0n) is 8.96. The van der Waals surface area contributed by atoms with Crippen LogP contribution in [0.3, 0.4) is 0 Å². The Morgan fingerprint density at radius 3 is 3.06 bits per heavy atom. The van der Waals surface area contributed by atoms with E-state index in [-0.39, 0.29) is 11.9 Å². The maximum Gasteiger partial charge on any atom is 0.126 e. The number of ether oxygens (including phenoxy) is 1. The second kappa shape index (κ2) is 5.13. The van der Waals surface area contributed by atoms with E-state index in [1.54, 1.807) is 12.1 Å². The van der Waals surface area contributed by atoms with E-state index in [4.69, 9.17) is 22.1 Å². The molecule has 1 heterocycles. The number of benzene rings is 1. The van der Waals surface area contributed by atoms with E-state index >= 15 is 0 Å². The quantitative estimate of drug-likeness (QED) is 0.885. The first kappa shape index (κ1) is 11.8. The Hall–Kier alpha value is -0.640. The summed E-state index contributed by atoms with van der Waals surface area (Å²) in [4.78, 5) is 0.